The molecule has 0 fully saturated rings. The third-order valence-corrected chi connectivity index (χ3v) is 2.92. The van der Waals surface area contributed by atoms with Crippen molar-refractivity contribution >= 4 is 21.8 Å². The van der Waals surface area contributed by atoms with Gasteiger partial charge in [-0.2, -0.15) is 0 Å². The topological polar surface area (TPSA) is 29.1 Å². The van der Waals surface area contributed by atoms with Crippen molar-refractivity contribution < 1.29 is 13.6 Å². The second-order valence-electron chi connectivity index (χ2n) is 4.47. The zero-order valence-electron chi connectivity index (χ0n) is 10.6. The fraction of sp³-hybridized carbons (Fsp3) is 0.462. The highest BCUT2D eigenvalue weighted by Gasteiger charge is 2.17. The minimum atomic E-state index is -0.838. The molecule has 5 heteroatoms. The predicted molar refractivity (Wildman–Crippen MR) is 71.0 cm³/mol. The molecule has 1 aromatic rings. The van der Waals surface area contributed by atoms with Crippen LogP contribution in [0.2, 0.25) is 0 Å². The van der Waals surface area contributed by atoms with E-state index in [1.165, 1.54) is 13.0 Å². The van der Waals surface area contributed by atoms with Gasteiger partial charge >= 0.3 is 0 Å². The lowest BCUT2D eigenvalue weighted by atomic mass is 10.1. The molecule has 0 saturated heterocycles. The largest absolute Gasteiger partial charge is 0.349 e. The summed E-state index contributed by atoms with van der Waals surface area (Å²) in [4.78, 5) is 12.1. The van der Waals surface area contributed by atoms with Crippen LogP contribution in [0.3, 0.4) is 0 Å². The van der Waals surface area contributed by atoms with Crippen molar-refractivity contribution in [3.8, 4) is 0 Å². The molecule has 2 atom stereocenters. The van der Waals surface area contributed by atoms with Gasteiger partial charge in [0, 0.05) is 16.9 Å². The van der Waals surface area contributed by atoms with E-state index in [1.807, 2.05) is 13.8 Å². The Hall–Kier alpha value is -0.970. The molecule has 100 valence electrons. The van der Waals surface area contributed by atoms with Crippen LogP contribution in [0.5, 0.6) is 0 Å². The van der Waals surface area contributed by atoms with E-state index in [0.717, 1.165) is 12.5 Å². The molecule has 0 aliphatic carbocycles. The van der Waals surface area contributed by atoms with Crippen molar-refractivity contribution in [1.82, 2.24) is 5.32 Å². The Kier molecular flexibility index (Phi) is 5.26. The van der Waals surface area contributed by atoms with Crippen LogP contribution in [-0.4, -0.2) is 16.8 Å². The molecule has 0 bridgehead atoms. The first-order valence-electron chi connectivity index (χ1n) is 5.71. The maximum Gasteiger partial charge on any atom is 0.254 e. The van der Waals surface area contributed by atoms with Crippen molar-refractivity contribution in [2.45, 2.75) is 38.1 Å². The first-order valence-corrected chi connectivity index (χ1v) is 6.63. The van der Waals surface area contributed by atoms with Crippen LogP contribution >= 0.6 is 15.9 Å². The summed E-state index contributed by atoms with van der Waals surface area (Å²) < 4.78 is 26.6. The van der Waals surface area contributed by atoms with Gasteiger partial charge in [-0.05, 0) is 31.9 Å². The van der Waals surface area contributed by atoms with Gasteiger partial charge in [0.2, 0.25) is 0 Å². The average Bonchev–Trinajstić information content (AvgIpc) is 2.21. The standard InChI is InChI=1S/C13H16BrF2NO/c1-7-4-10(12(16)6-11(7)15)13(18)17-9(3)5-8(2)14/h4,6,8-9H,5H2,1-3H3,(H,17,18). The van der Waals surface area contributed by atoms with Gasteiger partial charge in [0.1, 0.15) is 11.6 Å². The van der Waals surface area contributed by atoms with Crippen LogP contribution in [0.1, 0.15) is 36.2 Å². The van der Waals surface area contributed by atoms with Crippen molar-refractivity contribution in [2.24, 2.45) is 0 Å². The zero-order valence-corrected chi connectivity index (χ0v) is 12.1. The normalized spacial score (nSPS) is 14.1. The zero-order chi connectivity index (χ0) is 13.9. The van der Waals surface area contributed by atoms with Crippen LogP contribution in [0.15, 0.2) is 12.1 Å². The summed E-state index contributed by atoms with van der Waals surface area (Å²) in [6.45, 7) is 5.30. The van der Waals surface area contributed by atoms with Crippen LogP contribution in [-0.2, 0) is 0 Å². The number of hydrogen-bond donors (Lipinski definition) is 1. The monoisotopic (exact) mass is 319 g/mol. The number of rotatable bonds is 4. The fourth-order valence-electron chi connectivity index (χ4n) is 1.68. The fourth-order valence-corrected chi connectivity index (χ4v) is 2.24. The molecular formula is C13H16BrF2NO. The number of carbonyl (C=O) groups is 1. The number of hydrogen-bond acceptors (Lipinski definition) is 1. The summed E-state index contributed by atoms with van der Waals surface area (Å²) in [7, 11) is 0. The number of nitrogens with one attached hydrogen (secondary N) is 1. The molecule has 1 aromatic carbocycles. The van der Waals surface area contributed by atoms with Crippen LogP contribution in [0.4, 0.5) is 8.78 Å². The van der Waals surface area contributed by atoms with Crippen molar-refractivity contribution in [1.29, 1.82) is 0 Å². The molecule has 0 spiro atoms. The van der Waals surface area contributed by atoms with Gasteiger partial charge in [0.05, 0.1) is 5.56 Å². The molecule has 0 heterocycles. The van der Waals surface area contributed by atoms with E-state index in [4.69, 9.17) is 0 Å². The van der Waals surface area contributed by atoms with Crippen LogP contribution < -0.4 is 5.32 Å². The average molecular weight is 320 g/mol. The Morgan fingerprint density at radius 1 is 1.33 bits per heavy atom. The molecule has 18 heavy (non-hydrogen) atoms. The minimum Gasteiger partial charge on any atom is -0.349 e. The molecule has 0 saturated carbocycles. The summed E-state index contributed by atoms with van der Waals surface area (Å²) >= 11 is 3.38. The van der Waals surface area contributed by atoms with E-state index in [0.29, 0.717) is 0 Å². The van der Waals surface area contributed by atoms with Gasteiger partial charge in [-0.15, -0.1) is 0 Å². The third-order valence-electron chi connectivity index (χ3n) is 2.55. The molecule has 1 amide bonds. The molecule has 1 N–H and O–H groups in total. The van der Waals surface area contributed by atoms with Crippen molar-refractivity contribution in [2.75, 3.05) is 0 Å². The second-order valence-corrected chi connectivity index (χ2v) is 6.04. The molecule has 0 aliphatic rings. The Morgan fingerprint density at radius 3 is 2.50 bits per heavy atom. The lowest BCUT2D eigenvalue weighted by Gasteiger charge is -2.15. The molecule has 1 rings (SSSR count). The van der Waals surface area contributed by atoms with Gasteiger partial charge in [-0.25, -0.2) is 8.78 Å². The van der Waals surface area contributed by atoms with Crippen molar-refractivity contribution in [3.63, 3.8) is 0 Å². The lowest BCUT2D eigenvalue weighted by molar-refractivity contribution is 0.0934. The molecule has 2 nitrogen and oxygen atoms in total. The van der Waals surface area contributed by atoms with E-state index in [-0.39, 0.29) is 22.0 Å². The highest BCUT2D eigenvalue weighted by atomic mass is 79.9. The van der Waals surface area contributed by atoms with Gasteiger partial charge in [0.15, 0.2) is 0 Å². The first kappa shape index (κ1) is 15.1. The van der Waals surface area contributed by atoms with Gasteiger partial charge < -0.3 is 5.32 Å². The minimum absolute atomic E-state index is 0.0864. The molecular weight excluding hydrogens is 304 g/mol. The van der Waals surface area contributed by atoms with Gasteiger partial charge in [0.25, 0.3) is 5.91 Å². The summed E-state index contributed by atoms with van der Waals surface area (Å²) in [6, 6.07) is 1.88. The van der Waals surface area contributed by atoms with E-state index < -0.39 is 17.5 Å². The predicted octanol–water partition coefficient (Wildman–Crippen LogP) is 3.57. The quantitative estimate of drug-likeness (QED) is 0.845. The van der Waals surface area contributed by atoms with E-state index >= 15 is 0 Å². The van der Waals surface area contributed by atoms with E-state index in [9.17, 15) is 13.6 Å². The van der Waals surface area contributed by atoms with Gasteiger partial charge in [-0.3, -0.25) is 4.79 Å². The van der Waals surface area contributed by atoms with E-state index in [2.05, 4.69) is 21.2 Å². The lowest BCUT2D eigenvalue weighted by Crippen LogP contribution is -2.34. The van der Waals surface area contributed by atoms with Crippen LogP contribution in [0.25, 0.3) is 0 Å². The number of alkyl halides is 1. The van der Waals surface area contributed by atoms with Gasteiger partial charge in [-0.1, -0.05) is 22.9 Å². The Balaban J connectivity index is 2.82. The number of amides is 1. The number of carbonyl (C=O) groups excluding carboxylic acids is 1. The van der Waals surface area contributed by atoms with E-state index in [1.54, 1.807) is 0 Å². The number of benzene rings is 1. The summed E-state index contributed by atoms with van der Waals surface area (Å²) in [5.74, 6) is -2.00. The Labute approximate surface area is 114 Å². The molecule has 0 aliphatic heterocycles. The first-order chi connectivity index (χ1) is 8.31. The summed E-state index contributed by atoms with van der Waals surface area (Å²) in [6.07, 6.45) is 0.730. The number of aryl methyl sites for hydroxylation is 1. The smallest absolute Gasteiger partial charge is 0.254 e. The highest BCUT2D eigenvalue weighted by molar-refractivity contribution is 9.09. The molecule has 2 unspecified atom stereocenters. The highest BCUT2D eigenvalue weighted by Crippen LogP contribution is 2.15. The summed E-state index contributed by atoms with van der Waals surface area (Å²) in [5.41, 5.74) is 0.131. The van der Waals surface area contributed by atoms with Crippen molar-refractivity contribution in [3.05, 3.63) is 34.9 Å². The maximum atomic E-state index is 13.5. The number of halogens is 3. The molecule has 0 radical (unpaired) electrons. The Morgan fingerprint density at radius 2 is 1.94 bits per heavy atom. The Bertz CT molecular complexity index is 449. The maximum absolute atomic E-state index is 13.5. The SMILES string of the molecule is Cc1cc(C(=O)NC(C)CC(C)Br)c(F)cc1F. The molecule has 0 aromatic heterocycles. The third kappa shape index (κ3) is 4.05. The second kappa shape index (κ2) is 6.27. The summed E-state index contributed by atoms with van der Waals surface area (Å²) in [5, 5.41) is 2.68. The van der Waals surface area contributed by atoms with Crippen LogP contribution in [0, 0.1) is 18.6 Å².